The predicted octanol–water partition coefficient (Wildman–Crippen LogP) is 3.35. The second-order valence-corrected chi connectivity index (χ2v) is 6.11. The molecule has 1 saturated heterocycles. The lowest BCUT2D eigenvalue weighted by Gasteiger charge is -2.36. The Morgan fingerprint density at radius 3 is 2.86 bits per heavy atom. The van der Waals surface area contributed by atoms with Crippen molar-refractivity contribution in [2.45, 2.75) is 45.6 Å². The third-order valence-corrected chi connectivity index (χ3v) is 4.48. The molecule has 2 atom stereocenters. The summed E-state index contributed by atoms with van der Waals surface area (Å²) in [6, 6.07) is 9.20. The molecule has 0 saturated carbocycles. The predicted molar refractivity (Wildman–Crippen MR) is 89.8 cm³/mol. The van der Waals surface area contributed by atoms with E-state index >= 15 is 0 Å². The molecule has 1 aliphatic heterocycles. The Balaban J connectivity index is 2.18. The molecule has 2 unspecified atom stereocenters. The van der Waals surface area contributed by atoms with Gasteiger partial charge < -0.3 is 15.3 Å². The first kappa shape index (κ1) is 16.3. The summed E-state index contributed by atoms with van der Waals surface area (Å²) >= 11 is 0. The molecule has 0 radical (unpaired) electrons. The molecule has 1 heterocycles. The Bertz CT molecular complexity index is 421. The molecule has 3 heteroatoms. The lowest BCUT2D eigenvalue weighted by atomic mass is 9.95. The van der Waals surface area contributed by atoms with Crippen LogP contribution in [0.25, 0.3) is 0 Å². The van der Waals surface area contributed by atoms with Gasteiger partial charge in [-0.1, -0.05) is 32.0 Å². The zero-order chi connectivity index (χ0) is 15.1. The zero-order valence-corrected chi connectivity index (χ0v) is 13.5. The van der Waals surface area contributed by atoms with E-state index in [0.29, 0.717) is 18.6 Å². The highest BCUT2D eigenvalue weighted by Crippen LogP contribution is 2.31. The van der Waals surface area contributed by atoms with Crippen LogP contribution in [0, 0.1) is 5.92 Å². The average molecular weight is 290 g/mol. The van der Waals surface area contributed by atoms with Gasteiger partial charge in [0, 0.05) is 31.4 Å². The average Bonchev–Trinajstić information content (AvgIpc) is 2.56. The van der Waals surface area contributed by atoms with Gasteiger partial charge in [-0.2, -0.15) is 0 Å². The third-order valence-electron chi connectivity index (χ3n) is 4.48. The molecular weight excluding hydrogens is 260 g/mol. The number of piperidine rings is 1. The standard InChI is InChI=1S/C18H30N2O/c1-3-11-19-17(4-2)16-9-5-6-10-18(16)20-12-7-8-15(13-20)14-21/h5-6,9-10,15,17,19,21H,3-4,7-8,11-14H2,1-2H3. The number of anilines is 1. The Hall–Kier alpha value is -1.06. The number of nitrogens with one attached hydrogen (secondary N) is 1. The zero-order valence-electron chi connectivity index (χ0n) is 13.5. The van der Waals surface area contributed by atoms with E-state index in [0.717, 1.165) is 38.9 Å². The van der Waals surface area contributed by atoms with Crippen LogP contribution in [0.15, 0.2) is 24.3 Å². The van der Waals surface area contributed by atoms with Gasteiger partial charge in [-0.15, -0.1) is 0 Å². The van der Waals surface area contributed by atoms with Gasteiger partial charge in [-0.05, 0) is 49.8 Å². The first-order chi connectivity index (χ1) is 10.3. The van der Waals surface area contributed by atoms with Crippen LogP contribution in [0.1, 0.15) is 51.1 Å². The van der Waals surface area contributed by atoms with Gasteiger partial charge in [0.2, 0.25) is 0 Å². The second kappa shape index (κ2) is 8.40. The topological polar surface area (TPSA) is 35.5 Å². The highest BCUT2D eigenvalue weighted by molar-refractivity contribution is 5.55. The summed E-state index contributed by atoms with van der Waals surface area (Å²) in [5.74, 6) is 0.426. The minimum Gasteiger partial charge on any atom is -0.396 e. The van der Waals surface area contributed by atoms with Crippen LogP contribution in [0.4, 0.5) is 5.69 Å². The number of aliphatic hydroxyl groups is 1. The molecule has 2 N–H and O–H groups in total. The fraction of sp³-hybridized carbons (Fsp3) is 0.667. The van der Waals surface area contributed by atoms with E-state index in [-0.39, 0.29) is 0 Å². The van der Waals surface area contributed by atoms with Crippen LogP contribution in [0.5, 0.6) is 0 Å². The summed E-state index contributed by atoms with van der Waals surface area (Å²) in [6.07, 6.45) is 4.60. The Morgan fingerprint density at radius 2 is 2.14 bits per heavy atom. The smallest absolute Gasteiger partial charge is 0.0476 e. The largest absolute Gasteiger partial charge is 0.396 e. The van der Waals surface area contributed by atoms with Crippen molar-refractivity contribution < 1.29 is 5.11 Å². The van der Waals surface area contributed by atoms with Crippen LogP contribution < -0.4 is 10.2 Å². The van der Waals surface area contributed by atoms with E-state index in [2.05, 4.69) is 48.3 Å². The van der Waals surface area contributed by atoms with E-state index in [4.69, 9.17) is 0 Å². The number of aliphatic hydroxyl groups excluding tert-OH is 1. The van der Waals surface area contributed by atoms with Crippen molar-refractivity contribution >= 4 is 5.69 Å². The lowest BCUT2D eigenvalue weighted by molar-refractivity contribution is 0.208. The van der Waals surface area contributed by atoms with Gasteiger partial charge in [-0.3, -0.25) is 0 Å². The number of benzene rings is 1. The molecule has 0 amide bonds. The molecule has 21 heavy (non-hydrogen) atoms. The molecule has 0 aliphatic carbocycles. The van der Waals surface area contributed by atoms with Crippen LogP contribution in [0.3, 0.4) is 0 Å². The Morgan fingerprint density at radius 1 is 1.33 bits per heavy atom. The van der Waals surface area contributed by atoms with Crippen LogP contribution in [-0.2, 0) is 0 Å². The molecule has 1 aromatic carbocycles. The van der Waals surface area contributed by atoms with E-state index in [1.807, 2.05) is 0 Å². The molecule has 0 aromatic heterocycles. The molecule has 0 spiro atoms. The first-order valence-electron chi connectivity index (χ1n) is 8.48. The van der Waals surface area contributed by atoms with Crippen LogP contribution in [-0.4, -0.2) is 31.3 Å². The maximum Gasteiger partial charge on any atom is 0.0476 e. The molecule has 1 aliphatic rings. The van der Waals surface area contributed by atoms with Gasteiger partial charge in [0.15, 0.2) is 0 Å². The monoisotopic (exact) mass is 290 g/mol. The van der Waals surface area contributed by atoms with Crippen LogP contribution in [0.2, 0.25) is 0 Å². The summed E-state index contributed by atoms with van der Waals surface area (Å²) in [7, 11) is 0. The fourth-order valence-electron chi connectivity index (χ4n) is 3.30. The van der Waals surface area contributed by atoms with Crippen molar-refractivity contribution in [3.63, 3.8) is 0 Å². The lowest BCUT2D eigenvalue weighted by Crippen LogP contribution is -2.38. The van der Waals surface area contributed by atoms with Gasteiger partial charge in [0.05, 0.1) is 0 Å². The van der Waals surface area contributed by atoms with Crippen molar-refractivity contribution in [1.29, 1.82) is 0 Å². The number of nitrogens with zero attached hydrogens (tertiary/aromatic N) is 1. The fourth-order valence-corrected chi connectivity index (χ4v) is 3.30. The van der Waals surface area contributed by atoms with Crippen molar-refractivity contribution in [3.05, 3.63) is 29.8 Å². The van der Waals surface area contributed by atoms with E-state index < -0.39 is 0 Å². The number of hydrogen-bond acceptors (Lipinski definition) is 3. The Kier molecular flexibility index (Phi) is 6.52. The highest BCUT2D eigenvalue weighted by Gasteiger charge is 2.22. The molecule has 0 bridgehead atoms. The van der Waals surface area contributed by atoms with Gasteiger partial charge in [0.25, 0.3) is 0 Å². The highest BCUT2D eigenvalue weighted by atomic mass is 16.3. The van der Waals surface area contributed by atoms with Crippen molar-refractivity contribution in [2.24, 2.45) is 5.92 Å². The van der Waals surface area contributed by atoms with Crippen molar-refractivity contribution in [3.8, 4) is 0 Å². The van der Waals surface area contributed by atoms with Crippen molar-refractivity contribution in [1.82, 2.24) is 5.32 Å². The van der Waals surface area contributed by atoms with E-state index in [9.17, 15) is 5.11 Å². The Labute approximate surface area is 129 Å². The van der Waals surface area contributed by atoms with Crippen LogP contribution >= 0.6 is 0 Å². The number of para-hydroxylation sites is 1. The van der Waals surface area contributed by atoms with Gasteiger partial charge in [0.1, 0.15) is 0 Å². The normalized spacial score (nSPS) is 20.5. The third kappa shape index (κ3) is 4.21. The molecule has 1 fully saturated rings. The summed E-state index contributed by atoms with van der Waals surface area (Å²) < 4.78 is 0. The molecular formula is C18H30N2O. The van der Waals surface area contributed by atoms with Gasteiger partial charge >= 0.3 is 0 Å². The minimum absolute atomic E-state index is 0.309. The summed E-state index contributed by atoms with van der Waals surface area (Å²) in [4.78, 5) is 2.47. The summed E-state index contributed by atoms with van der Waals surface area (Å²) in [6.45, 7) is 7.92. The maximum absolute atomic E-state index is 9.46. The number of hydrogen-bond donors (Lipinski definition) is 2. The molecule has 3 nitrogen and oxygen atoms in total. The van der Waals surface area contributed by atoms with Crippen molar-refractivity contribution in [2.75, 3.05) is 31.1 Å². The SMILES string of the molecule is CCCNC(CC)c1ccccc1N1CCCC(CO)C1. The van der Waals surface area contributed by atoms with E-state index in [1.165, 1.54) is 17.7 Å². The first-order valence-corrected chi connectivity index (χ1v) is 8.48. The van der Waals surface area contributed by atoms with Gasteiger partial charge in [-0.25, -0.2) is 0 Å². The molecule has 2 rings (SSSR count). The second-order valence-electron chi connectivity index (χ2n) is 6.11. The molecule has 1 aromatic rings. The minimum atomic E-state index is 0.309. The summed E-state index contributed by atoms with van der Waals surface area (Å²) in [5, 5.41) is 13.1. The van der Waals surface area contributed by atoms with E-state index in [1.54, 1.807) is 0 Å². The maximum atomic E-state index is 9.46. The number of rotatable bonds is 7. The summed E-state index contributed by atoms with van der Waals surface area (Å²) in [5.41, 5.74) is 2.76. The quantitative estimate of drug-likeness (QED) is 0.808. The molecule has 118 valence electrons.